The van der Waals surface area contributed by atoms with Gasteiger partial charge in [0.05, 0.1) is 0 Å². The van der Waals surface area contributed by atoms with Gasteiger partial charge >= 0.3 is 12.0 Å². The third-order valence-corrected chi connectivity index (χ3v) is 1.64. The van der Waals surface area contributed by atoms with Gasteiger partial charge in [-0.2, -0.15) is 0 Å². The molecule has 86 valence electrons. The second-order valence-corrected chi connectivity index (χ2v) is 3.02. The molecule has 0 radical (unpaired) electrons. The summed E-state index contributed by atoms with van der Waals surface area (Å²) in [6, 6.07) is -1.57. The number of nitrogens with two attached hydrogens (primary N) is 1. The smallest absolute Gasteiger partial charge is 0.326 e. The highest BCUT2D eigenvalue weighted by Gasteiger charge is 2.17. The van der Waals surface area contributed by atoms with E-state index in [1.807, 2.05) is 0 Å². The molecule has 0 aromatic carbocycles. The number of aliphatic carboxylic acids is 1. The van der Waals surface area contributed by atoms with Crippen LogP contribution in [-0.2, 0) is 9.59 Å². The number of carboxylic acids is 1. The number of nitrogens with one attached hydrogen (secondary N) is 2. The van der Waals surface area contributed by atoms with Gasteiger partial charge in [-0.05, 0) is 12.8 Å². The second-order valence-electron chi connectivity index (χ2n) is 3.02. The van der Waals surface area contributed by atoms with E-state index < -0.39 is 23.9 Å². The lowest BCUT2D eigenvalue weighted by Gasteiger charge is -2.12. The lowest BCUT2D eigenvalue weighted by atomic mass is 10.1. The summed E-state index contributed by atoms with van der Waals surface area (Å²) in [5, 5.41) is 13.3. The Morgan fingerprint density at radius 3 is 2.40 bits per heavy atom. The summed E-state index contributed by atoms with van der Waals surface area (Å²) in [5.74, 6) is -1.49. The lowest BCUT2D eigenvalue weighted by Crippen LogP contribution is -2.40. The van der Waals surface area contributed by atoms with Crippen LogP contribution < -0.4 is 16.4 Å². The molecule has 0 saturated carbocycles. The summed E-state index contributed by atoms with van der Waals surface area (Å²) in [6.45, 7) is 1.54. The molecule has 0 spiro atoms. The number of carboxylic acid groups (broad SMARTS) is 1. The maximum absolute atomic E-state index is 10.6. The van der Waals surface area contributed by atoms with Gasteiger partial charge in [0, 0.05) is 13.5 Å². The maximum atomic E-state index is 10.6. The van der Waals surface area contributed by atoms with Crippen molar-refractivity contribution >= 4 is 17.9 Å². The quantitative estimate of drug-likeness (QED) is 0.427. The largest absolute Gasteiger partial charge is 0.480 e. The van der Waals surface area contributed by atoms with Crippen LogP contribution in [0.15, 0.2) is 0 Å². The van der Waals surface area contributed by atoms with Crippen LogP contribution >= 0.6 is 0 Å². The van der Waals surface area contributed by atoms with Crippen molar-refractivity contribution < 1.29 is 19.5 Å². The van der Waals surface area contributed by atoms with Gasteiger partial charge in [-0.1, -0.05) is 0 Å². The number of carbonyl (C=O) groups excluding carboxylic acids is 2. The molecule has 7 nitrogen and oxygen atoms in total. The molecule has 15 heavy (non-hydrogen) atoms. The van der Waals surface area contributed by atoms with Crippen LogP contribution in [0.25, 0.3) is 0 Å². The number of hydrogen-bond acceptors (Lipinski definition) is 3. The predicted octanol–water partition coefficient (Wildman–Crippen LogP) is -0.976. The normalized spacial score (nSPS) is 11.5. The van der Waals surface area contributed by atoms with Gasteiger partial charge in [0.15, 0.2) is 0 Å². The number of primary amides is 1. The minimum Gasteiger partial charge on any atom is -0.480 e. The average Bonchev–Trinajstić information content (AvgIpc) is 2.08. The number of carbonyl (C=O) groups is 3. The zero-order valence-electron chi connectivity index (χ0n) is 8.45. The van der Waals surface area contributed by atoms with Crippen molar-refractivity contribution in [2.24, 2.45) is 5.73 Å². The molecule has 0 rings (SSSR count). The molecular weight excluding hydrogens is 202 g/mol. The molecule has 0 aromatic heterocycles. The average molecular weight is 217 g/mol. The Hall–Kier alpha value is -1.79. The first-order valence-corrected chi connectivity index (χ1v) is 4.46. The summed E-state index contributed by atoms with van der Waals surface area (Å²) in [6.07, 6.45) is 0.676. The van der Waals surface area contributed by atoms with E-state index in [0.29, 0.717) is 13.0 Å². The summed E-state index contributed by atoms with van der Waals surface area (Å²) < 4.78 is 0. The first-order chi connectivity index (χ1) is 6.93. The third-order valence-electron chi connectivity index (χ3n) is 1.64. The fourth-order valence-corrected chi connectivity index (χ4v) is 1.02. The fraction of sp³-hybridized carbons (Fsp3) is 0.625. The fourth-order valence-electron chi connectivity index (χ4n) is 1.02. The van der Waals surface area contributed by atoms with Gasteiger partial charge in [-0.15, -0.1) is 0 Å². The van der Waals surface area contributed by atoms with Crippen LogP contribution in [0, 0.1) is 0 Å². The van der Waals surface area contributed by atoms with Gasteiger partial charge in [0.2, 0.25) is 5.91 Å². The van der Waals surface area contributed by atoms with Crippen LogP contribution in [0.3, 0.4) is 0 Å². The maximum Gasteiger partial charge on any atom is 0.326 e. The van der Waals surface area contributed by atoms with E-state index in [-0.39, 0.29) is 6.42 Å². The molecule has 0 heterocycles. The van der Waals surface area contributed by atoms with E-state index in [4.69, 9.17) is 10.8 Å². The highest BCUT2D eigenvalue weighted by atomic mass is 16.4. The van der Waals surface area contributed by atoms with E-state index in [1.54, 1.807) is 0 Å². The Labute approximate surface area is 87.0 Å². The molecule has 0 bridgehead atoms. The Morgan fingerprint density at radius 2 is 2.00 bits per heavy atom. The molecule has 1 atom stereocenters. The number of urea groups is 1. The van der Waals surface area contributed by atoms with Crippen molar-refractivity contribution in [1.29, 1.82) is 0 Å². The molecule has 0 saturated heterocycles. The molecule has 0 aromatic rings. The number of hydrogen-bond donors (Lipinski definition) is 4. The number of amides is 3. The SMILES string of the molecule is CC(=O)N[C@@H](CCCNC(N)=O)C(=O)O. The van der Waals surface area contributed by atoms with E-state index in [1.165, 1.54) is 6.92 Å². The van der Waals surface area contributed by atoms with Crippen molar-refractivity contribution in [3.8, 4) is 0 Å². The molecule has 5 N–H and O–H groups in total. The second kappa shape index (κ2) is 6.63. The Kier molecular flexibility index (Phi) is 5.84. The van der Waals surface area contributed by atoms with Crippen LogP contribution in [0.5, 0.6) is 0 Å². The van der Waals surface area contributed by atoms with Crippen molar-refractivity contribution in [2.75, 3.05) is 6.54 Å². The van der Waals surface area contributed by atoms with Crippen LogP contribution in [0.1, 0.15) is 19.8 Å². The van der Waals surface area contributed by atoms with Gasteiger partial charge in [-0.25, -0.2) is 9.59 Å². The van der Waals surface area contributed by atoms with E-state index >= 15 is 0 Å². The summed E-state index contributed by atoms with van der Waals surface area (Å²) in [7, 11) is 0. The van der Waals surface area contributed by atoms with Crippen LogP contribution in [-0.4, -0.2) is 35.6 Å². The van der Waals surface area contributed by atoms with Crippen LogP contribution in [0.2, 0.25) is 0 Å². The summed E-state index contributed by atoms with van der Waals surface area (Å²) in [5.41, 5.74) is 4.81. The van der Waals surface area contributed by atoms with Crippen molar-refractivity contribution in [3.05, 3.63) is 0 Å². The van der Waals surface area contributed by atoms with Gasteiger partial charge in [0.1, 0.15) is 6.04 Å². The van der Waals surface area contributed by atoms with Gasteiger partial charge < -0.3 is 21.5 Å². The number of rotatable bonds is 6. The third kappa shape index (κ3) is 7.29. The van der Waals surface area contributed by atoms with E-state index in [2.05, 4.69) is 10.6 Å². The minimum absolute atomic E-state index is 0.245. The molecule has 0 aliphatic rings. The lowest BCUT2D eigenvalue weighted by molar-refractivity contribution is -0.141. The molecule has 0 fully saturated rings. The first-order valence-electron chi connectivity index (χ1n) is 4.46. The summed E-state index contributed by atoms with van der Waals surface area (Å²) in [4.78, 5) is 31.6. The van der Waals surface area contributed by atoms with Crippen molar-refractivity contribution in [3.63, 3.8) is 0 Å². The highest BCUT2D eigenvalue weighted by Crippen LogP contribution is 1.96. The van der Waals surface area contributed by atoms with E-state index in [9.17, 15) is 14.4 Å². The van der Waals surface area contributed by atoms with Crippen LogP contribution in [0.4, 0.5) is 4.79 Å². The Balaban J connectivity index is 3.81. The molecule has 0 aliphatic heterocycles. The predicted molar refractivity (Wildman–Crippen MR) is 52.1 cm³/mol. The Morgan fingerprint density at radius 1 is 1.40 bits per heavy atom. The Bertz CT molecular complexity index is 254. The molecule has 0 aliphatic carbocycles. The molecule has 7 heteroatoms. The molecule has 3 amide bonds. The summed E-state index contributed by atoms with van der Waals surface area (Å²) >= 11 is 0. The van der Waals surface area contributed by atoms with E-state index in [0.717, 1.165) is 0 Å². The molecular formula is C8H15N3O4. The van der Waals surface area contributed by atoms with Crippen molar-refractivity contribution in [2.45, 2.75) is 25.8 Å². The van der Waals surface area contributed by atoms with Gasteiger partial charge in [0.25, 0.3) is 0 Å². The topological polar surface area (TPSA) is 122 Å². The first kappa shape index (κ1) is 13.2. The molecule has 0 unspecified atom stereocenters. The monoisotopic (exact) mass is 217 g/mol. The zero-order chi connectivity index (χ0) is 11.8. The highest BCUT2D eigenvalue weighted by molar-refractivity contribution is 5.81. The van der Waals surface area contributed by atoms with Gasteiger partial charge in [-0.3, -0.25) is 4.79 Å². The zero-order valence-corrected chi connectivity index (χ0v) is 8.45. The van der Waals surface area contributed by atoms with Crippen molar-refractivity contribution in [1.82, 2.24) is 10.6 Å². The standard InChI is InChI=1S/C8H15N3O4/c1-5(12)11-6(7(13)14)3-2-4-10-8(9)15/h6H,2-4H2,1H3,(H,11,12)(H,13,14)(H3,9,10,15)/t6-/m0/s1. The minimum atomic E-state index is -1.09.